The first kappa shape index (κ1) is 30.2. The van der Waals surface area contributed by atoms with Crippen LogP contribution in [0.5, 0.6) is 0 Å². The van der Waals surface area contributed by atoms with Gasteiger partial charge < -0.3 is 33.2 Å². The maximum absolute atomic E-state index is 13.1. The summed E-state index contributed by atoms with van der Waals surface area (Å²) in [5.41, 5.74) is 0.883. The Balaban J connectivity index is 1.68. The summed E-state index contributed by atoms with van der Waals surface area (Å²) in [7, 11) is 0. The van der Waals surface area contributed by atoms with E-state index in [1.807, 2.05) is 6.07 Å². The van der Waals surface area contributed by atoms with Gasteiger partial charge in [-0.2, -0.15) is 0 Å². The van der Waals surface area contributed by atoms with Gasteiger partial charge in [-0.05, 0) is 19.1 Å². The normalized spacial score (nSPS) is 26.2. The fourth-order valence-corrected chi connectivity index (χ4v) is 4.25. The predicted octanol–water partition coefficient (Wildman–Crippen LogP) is 4.70. The number of nitrogens with one attached hydrogen (secondary N) is 1. The molecule has 6 atom stereocenters. The lowest BCUT2D eigenvalue weighted by Crippen LogP contribution is -2.64. The molecule has 0 radical (unpaired) electrons. The second kappa shape index (κ2) is 13.3. The maximum Gasteiger partial charge on any atom is 0.338 e. The molecule has 10 nitrogen and oxygen atoms in total. The van der Waals surface area contributed by atoms with Crippen molar-refractivity contribution in [2.75, 3.05) is 6.61 Å². The third kappa shape index (κ3) is 7.72. The van der Waals surface area contributed by atoms with Gasteiger partial charge in [-0.1, -0.05) is 83.3 Å². The Morgan fingerprint density at radius 2 is 1.55 bits per heavy atom. The first-order valence-electron chi connectivity index (χ1n) is 12.3. The Bertz CT molecular complexity index is 1210. The molecule has 0 aromatic heterocycles. The van der Waals surface area contributed by atoms with Gasteiger partial charge in [0.25, 0.3) is 3.79 Å². The summed E-state index contributed by atoms with van der Waals surface area (Å²) in [6, 6.07) is 17.1. The smallest absolute Gasteiger partial charge is 0.338 e. The number of hydrogen-bond acceptors (Lipinski definition) is 10. The van der Waals surface area contributed by atoms with Crippen LogP contribution in [0.25, 0.3) is 0 Å². The van der Waals surface area contributed by atoms with Crippen LogP contribution in [0.15, 0.2) is 60.7 Å². The van der Waals surface area contributed by atoms with Crippen LogP contribution in [0.3, 0.4) is 0 Å². The molecule has 214 valence electrons. The Morgan fingerprint density at radius 3 is 2.17 bits per heavy atom. The lowest BCUT2D eigenvalue weighted by molar-refractivity contribution is -0.352. The third-order valence-corrected chi connectivity index (χ3v) is 6.56. The van der Waals surface area contributed by atoms with Crippen LogP contribution in [-0.4, -0.2) is 64.7 Å². The zero-order chi connectivity index (χ0) is 28.9. The summed E-state index contributed by atoms with van der Waals surface area (Å²) >= 11 is 17.5. The van der Waals surface area contributed by atoms with Crippen molar-refractivity contribution in [3.63, 3.8) is 0 Å². The van der Waals surface area contributed by atoms with E-state index in [0.717, 1.165) is 0 Å². The molecule has 2 aliphatic heterocycles. The molecule has 2 fully saturated rings. The van der Waals surface area contributed by atoms with Crippen molar-refractivity contribution in [2.45, 2.75) is 60.6 Å². The molecule has 2 aliphatic rings. The molecule has 4 rings (SSSR count). The van der Waals surface area contributed by atoms with Gasteiger partial charge in [-0.3, -0.25) is 10.2 Å². The number of ether oxygens (including phenoxy) is 6. The van der Waals surface area contributed by atoms with Crippen molar-refractivity contribution in [1.82, 2.24) is 0 Å². The lowest BCUT2D eigenvalue weighted by atomic mass is 9.97. The van der Waals surface area contributed by atoms with E-state index in [2.05, 4.69) is 0 Å². The third-order valence-electron chi connectivity index (χ3n) is 6.05. The maximum atomic E-state index is 13.1. The molecule has 1 unspecified atom stereocenters. The summed E-state index contributed by atoms with van der Waals surface area (Å²) in [6.07, 6.45) is -7.38. The number of halogens is 3. The minimum Gasteiger partial charge on any atom is -0.455 e. The highest BCUT2D eigenvalue weighted by Gasteiger charge is 2.55. The van der Waals surface area contributed by atoms with Gasteiger partial charge in [0.2, 0.25) is 18.3 Å². The van der Waals surface area contributed by atoms with Gasteiger partial charge in [0.15, 0.2) is 12.4 Å². The number of ketones is 1. The highest BCUT2D eigenvalue weighted by atomic mass is 35.6. The summed E-state index contributed by atoms with van der Waals surface area (Å²) < 4.78 is 32.8. The van der Waals surface area contributed by atoms with Crippen molar-refractivity contribution in [2.24, 2.45) is 0 Å². The SMILES string of the molecule is CC(=O)CCC(=O)O[C@H]1[C@@H]2O[C@H](c3ccccc3)OC[C@H]2OC(OC(=N)C(Cl)(Cl)Cl)[C@@H]1OC(=O)c1ccccc1. The average Bonchev–Trinajstić information content (AvgIpc) is 2.93. The second-order valence-electron chi connectivity index (χ2n) is 9.06. The van der Waals surface area contributed by atoms with E-state index < -0.39 is 58.6 Å². The fraction of sp³-hybridized carbons (Fsp3) is 0.407. The van der Waals surface area contributed by atoms with Gasteiger partial charge in [0.1, 0.15) is 18.0 Å². The zero-order valence-electron chi connectivity index (χ0n) is 21.2. The van der Waals surface area contributed by atoms with Gasteiger partial charge in [0.05, 0.1) is 18.6 Å². The fourth-order valence-electron chi connectivity index (χ4n) is 4.12. The van der Waals surface area contributed by atoms with Crippen molar-refractivity contribution < 1.29 is 42.8 Å². The molecule has 0 amide bonds. The molecular formula is C27H26Cl3NO9. The monoisotopic (exact) mass is 613 g/mol. The minimum absolute atomic E-state index is 0.0357. The molecule has 2 saturated heterocycles. The van der Waals surface area contributed by atoms with Gasteiger partial charge >= 0.3 is 11.9 Å². The first-order chi connectivity index (χ1) is 19.0. The molecule has 2 heterocycles. The number of alkyl halides is 3. The Hall–Kier alpha value is -2.73. The molecule has 0 aliphatic carbocycles. The average molecular weight is 615 g/mol. The van der Waals surface area contributed by atoms with E-state index in [9.17, 15) is 14.4 Å². The summed E-state index contributed by atoms with van der Waals surface area (Å²) in [6.45, 7) is 1.31. The second-order valence-corrected chi connectivity index (χ2v) is 11.3. The molecule has 1 N–H and O–H groups in total. The zero-order valence-corrected chi connectivity index (χ0v) is 23.4. The van der Waals surface area contributed by atoms with Gasteiger partial charge in [-0.25, -0.2) is 4.79 Å². The number of hydrogen-bond donors (Lipinski definition) is 1. The molecule has 0 bridgehead atoms. The van der Waals surface area contributed by atoms with Crippen LogP contribution in [-0.2, 0) is 38.0 Å². The van der Waals surface area contributed by atoms with E-state index in [0.29, 0.717) is 5.56 Å². The summed E-state index contributed by atoms with van der Waals surface area (Å²) in [5.74, 6) is -2.57. The Morgan fingerprint density at radius 1 is 0.900 bits per heavy atom. The number of benzene rings is 2. The summed E-state index contributed by atoms with van der Waals surface area (Å²) in [4.78, 5) is 37.4. The van der Waals surface area contributed by atoms with Crippen LogP contribution in [0, 0.1) is 5.41 Å². The van der Waals surface area contributed by atoms with Crippen LogP contribution in [0.4, 0.5) is 0 Å². The predicted molar refractivity (Wildman–Crippen MR) is 143 cm³/mol. The van der Waals surface area contributed by atoms with E-state index >= 15 is 0 Å². The van der Waals surface area contributed by atoms with Gasteiger partial charge in [-0.15, -0.1) is 0 Å². The first-order valence-corrected chi connectivity index (χ1v) is 13.4. The summed E-state index contributed by atoms with van der Waals surface area (Å²) in [5, 5.41) is 8.06. The molecule has 2 aromatic carbocycles. The molecule has 0 spiro atoms. The molecule has 0 saturated carbocycles. The molecule has 13 heteroatoms. The number of rotatable bonds is 8. The van der Waals surface area contributed by atoms with Gasteiger partial charge in [0, 0.05) is 12.0 Å². The van der Waals surface area contributed by atoms with Crippen molar-refractivity contribution in [3.05, 3.63) is 71.8 Å². The largest absolute Gasteiger partial charge is 0.455 e. The van der Waals surface area contributed by atoms with Crippen molar-refractivity contribution >= 4 is 58.4 Å². The van der Waals surface area contributed by atoms with Crippen LogP contribution in [0.1, 0.15) is 42.0 Å². The Kier molecular flexibility index (Phi) is 10.0. The molecular weight excluding hydrogens is 589 g/mol. The minimum atomic E-state index is -2.26. The highest BCUT2D eigenvalue weighted by molar-refractivity contribution is 6.76. The highest BCUT2D eigenvalue weighted by Crippen LogP contribution is 2.38. The quantitative estimate of drug-likeness (QED) is 0.195. The van der Waals surface area contributed by atoms with Crippen molar-refractivity contribution in [3.8, 4) is 0 Å². The van der Waals surface area contributed by atoms with Crippen LogP contribution >= 0.6 is 34.8 Å². The number of fused-ring (bicyclic) bond motifs is 1. The van der Waals surface area contributed by atoms with Crippen molar-refractivity contribution in [1.29, 1.82) is 5.41 Å². The van der Waals surface area contributed by atoms with E-state index in [1.165, 1.54) is 19.1 Å². The molecule has 40 heavy (non-hydrogen) atoms. The number of Topliss-reactive ketones (excluding diaryl/α,β-unsaturated/α-hetero) is 1. The number of esters is 2. The molecule has 2 aromatic rings. The van der Waals surface area contributed by atoms with Crippen LogP contribution in [0.2, 0.25) is 0 Å². The van der Waals surface area contributed by atoms with E-state index in [4.69, 9.17) is 68.6 Å². The standard InChI is InChI=1S/C27H26Cl3NO9/c1-15(32)12-13-19(33)37-21-20-18(14-35-24(39-20)17-10-6-3-7-11-17)36-25(40-26(31)27(28,29)30)22(21)38-23(34)16-8-4-2-5-9-16/h2-11,18,20-22,24-25,31H,12-14H2,1H3/t18-,20-,21+,22-,24-,25?/m1/s1. The lowest BCUT2D eigenvalue weighted by Gasteiger charge is -2.48. The van der Waals surface area contributed by atoms with E-state index in [1.54, 1.807) is 42.5 Å². The van der Waals surface area contributed by atoms with Crippen LogP contribution < -0.4 is 0 Å². The van der Waals surface area contributed by atoms with E-state index in [-0.39, 0.29) is 30.8 Å². The Labute approximate surface area is 245 Å². The topological polar surface area (TPSA) is 130 Å². The number of carbonyl (C=O) groups excluding carboxylic acids is 3. The number of carbonyl (C=O) groups is 3.